The van der Waals surface area contributed by atoms with Crippen molar-refractivity contribution in [3.8, 4) is 6.07 Å². The SMILES string of the molecule is N#Cc1c(NC(=O)CSc2nnc(N3CCCC3)n2Cc2ccco2)sc2c1CCCCC2. The van der Waals surface area contributed by atoms with E-state index in [0.29, 0.717) is 22.3 Å². The number of carbonyl (C=O) groups is 1. The maximum Gasteiger partial charge on any atom is 0.235 e. The molecule has 3 aromatic heterocycles. The van der Waals surface area contributed by atoms with Gasteiger partial charge in [0.15, 0.2) is 5.16 Å². The molecule has 1 saturated heterocycles. The fraction of sp³-hybridized carbons (Fsp3) is 0.478. The number of hydrogen-bond donors (Lipinski definition) is 1. The minimum Gasteiger partial charge on any atom is -0.467 e. The average Bonchev–Trinajstić information content (AvgIpc) is 3.60. The van der Waals surface area contributed by atoms with E-state index in [2.05, 4.69) is 26.5 Å². The molecule has 33 heavy (non-hydrogen) atoms. The van der Waals surface area contributed by atoms with Crippen molar-refractivity contribution in [1.82, 2.24) is 14.8 Å². The van der Waals surface area contributed by atoms with E-state index in [0.717, 1.165) is 68.9 Å². The summed E-state index contributed by atoms with van der Waals surface area (Å²) in [5, 5.41) is 22.9. The van der Waals surface area contributed by atoms with Crippen molar-refractivity contribution in [2.24, 2.45) is 0 Å². The molecule has 0 spiro atoms. The average molecular weight is 483 g/mol. The molecule has 0 aromatic carbocycles. The Labute approximate surface area is 201 Å². The summed E-state index contributed by atoms with van der Waals surface area (Å²) in [7, 11) is 0. The number of carbonyl (C=O) groups excluding carboxylic acids is 1. The van der Waals surface area contributed by atoms with Crippen molar-refractivity contribution in [3.63, 3.8) is 0 Å². The molecule has 1 aliphatic heterocycles. The van der Waals surface area contributed by atoms with Crippen LogP contribution in [-0.2, 0) is 24.2 Å². The maximum atomic E-state index is 12.8. The van der Waals surface area contributed by atoms with Gasteiger partial charge in [-0.2, -0.15) is 5.26 Å². The van der Waals surface area contributed by atoms with Crippen LogP contribution < -0.4 is 10.2 Å². The van der Waals surface area contributed by atoms with E-state index in [4.69, 9.17) is 4.42 Å². The Balaban J connectivity index is 1.29. The molecule has 172 valence electrons. The van der Waals surface area contributed by atoms with Gasteiger partial charge in [0.1, 0.15) is 16.8 Å². The van der Waals surface area contributed by atoms with Crippen LogP contribution in [0.1, 0.15) is 53.9 Å². The Kier molecular flexibility index (Phi) is 6.69. The van der Waals surface area contributed by atoms with Gasteiger partial charge in [-0.3, -0.25) is 9.36 Å². The van der Waals surface area contributed by atoms with Crippen molar-refractivity contribution in [2.75, 3.05) is 29.1 Å². The normalized spacial score (nSPS) is 15.8. The van der Waals surface area contributed by atoms with Gasteiger partial charge in [-0.15, -0.1) is 21.5 Å². The molecule has 0 unspecified atom stereocenters. The number of fused-ring (bicyclic) bond motifs is 1. The first-order valence-electron chi connectivity index (χ1n) is 11.4. The lowest BCUT2D eigenvalue weighted by Crippen LogP contribution is -2.22. The van der Waals surface area contributed by atoms with Crippen LogP contribution in [-0.4, -0.2) is 39.5 Å². The third kappa shape index (κ3) is 4.80. The highest BCUT2D eigenvalue weighted by atomic mass is 32.2. The summed E-state index contributed by atoms with van der Waals surface area (Å²) in [4.78, 5) is 16.3. The van der Waals surface area contributed by atoms with Gasteiger partial charge in [-0.25, -0.2) is 0 Å². The minimum absolute atomic E-state index is 0.136. The van der Waals surface area contributed by atoms with Crippen molar-refractivity contribution in [3.05, 3.63) is 40.2 Å². The topological polar surface area (TPSA) is 100.0 Å². The largest absolute Gasteiger partial charge is 0.467 e. The van der Waals surface area contributed by atoms with E-state index in [1.165, 1.54) is 23.1 Å². The number of nitrogens with zero attached hydrogens (tertiary/aromatic N) is 5. The highest BCUT2D eigenvalue weighted by Crippen LogP contribution is 2.37. The molecular weight excluding hydrogens is 456 g/mol. The second-order valence-corrected chi connectivity index (χ2v) is 10.4. The maximum absolute atomic E-state index is 12.8. The lowest BCUT2D eigenvalue weighted by molar-refractivity contribution is -0.113. The van der Waals surface area contributed by atoms with Gasteiger partial charge in [0.25, 0.3) is 0 Å². The number of nitrogens with one attached hydrogen (secondary N) is 1. The number of hydrogen-bond acceptors (Lipinski definition) is 8. The molecule has 5 rings (SSSR count). The number of amides is 1. The third-order valence-corrected chi connectivity index (χ3v) is 8.27. The monoisotopic (exact) mass is 482 g/mol. The number of aryl methyl sites for hydroxylation is 1. The predicted molar refractivity (Wildman–Crippen MR) is 129 cm³/mol. The molecule has 0 saturated carbocycles. The summed E-state index contributed by atoms with van der Waals surface area (Å²) < 4.78 is 7.57. The quantitative estimate of drug-likeness (QED) is 0.392. The van der Waals surface area contributed by atoms with Gasteiger partial charge in [-0.05, 0) is 56.2 Å². The van der Waals surface area contributed by atoms with E-state index >= 15 is 0 Å². The summed E-state index contributed by atoms with van der Waals surface area (Å²) in [6, 6.07) is 6.12. The summed E-state index contributed by atoms with van der Waals surface area (Å²) in [6.45, 7) is 2.44. The highest BCUT2D eigenvalue weighted by Gasteiger charge is 2.24. The zero-order valence-corrected chi connectivity index (χ0v) is 20.0. The first-order chi connectivity index (χ1) is 16.2. The van der Waals surface area contributed by atoms with Crippen LogP contribution in [0.2, 0.25) is 0 Å². The molecule has 0 radical (unpaired) electrons. The summed E-state index contributed by atoms with van der Waals surface area (Å²) >= 11 is 2.92. The van der Waals surface area contributed by atoms with Crippen molar-refractivity contribution in [2.45, 2.75) is 56.6 Å². The zero-order chi connectivity index (χ0) is 22.6. The Bertz CT molecular complexity index is 1150. The van der Waals surface area contributed by atoms with Crippen LogP contribution in [0.25, 0.3) is 0 Å². The Morgan fingerprint density at radius 2 is 2.06 bits per heavy atom. The van der Waals surface area contributed by atoms with Gasteiger partial charge in [0.05, 0.1) is 24.1 Å². The number of rotatable bonds is 7. The second kappa shape index (κ2) is 10.0. The molecule has 2 aliphatic rings. The molecule has 1 amide bonds. The molecule has 0 bridgehead atoms. The first-order valence-corrected chi connectivity index (χ1v) is 13.2. The third-order valence-electron chi connectivity index (χ3n) is 6.10. The standard InChI is InChI=1S/C23H26N6O2S2/c24-13-18-17-8-2-1-3-9-19(17)33-21(18)25-20(30)15-32-23-27-26-22(28-10-4-5-11-28)29(23)14-16-7-6-12-31-16/h6-7,12H,1-5,8-11,14-15H2,(H,25,30). The first kappa shape index (κ1) is 22.0. The second-order valence-electron chi connectivity index (χ2n) is 8.36. The number of thioether (sulfide) groups is 1. The van der Waals surface area contributed by atoms with E-state index in [9.17, 15) is 10.1 Å². The molecule has 0 atom stereocenters. The van der Waals surface area contributed by atoms with Crippen LogP contribution in [0, 0.1) is 11.3 Å². The van der Waals surface area contributed by atoms with Crippen LogP contribution in [0.15, 0.2) is 28.0 Å². The van der Waals surface area contributed by atoms with E-state index < -0.39 is 0 Å². The molecule has 8 nitrogen and oxygen atoms in total. The lowest BCUT2D eigenvalue weighted by atomic mass is 10.1. The summed E-state index contributed by atoms with van der Waals surface area (Å²) in [6.07, 6.45) is 9.31. The molecule has 3 aromatic rings. The molecule has 10 heteroatoms. The van der Waals surface area contributed by atoms with Crippen LogP contribution in [0.5, 0.6) is 0 Å². The molecule has 4 heterocycles. The Hall–Kier alpha value is -2.77. The van der Waals surface area contributed by atoms with Crippen molar-refractivity contribution >= 4 is 40.0 Å². The highest BCUT2D eigenvalue weighted by molar-refractivity contribution is 7.99. The van der Waals surface area contributed by atoms with Crippen LogP contribution in [0.3, 0.4) is 0 Å². The lowest BCUT2D eigenvalue weighted by Gasteiger charge is -2.17. The van der Waals surface area contributed by atoms with Crippen LogP contribution >= 0.6 is 23.1 Å². The van der Waals surface area contributed by atoms with E-state index in [1.54, 1.807) is 17.6 Å². The van der Waals surface area contributed by atoms with Gasteiger partial charge in [-0.1, -0.05) is 18.2 Å². The molecule has 1 fully saturated rings. The van der Waals surface area contributed by atoms with Gasteiger partial charge in [0.2, 0.25) is 11.9 Å². The molecular formula is C23H26N6O2S2. The molecule has 1 aliphatic carbocycles. The number of furan rings is 1. The fourth-order valence-corrected chi connectivity index (χ4v) is 6.47. The van der Waals surface area contributed by atoms with Crippen molar-refractivity contribution in [1.29, 1.82) is 5.26 Å². The number of anilines is 2. The summed E-state index contributed by atoms with van der Waals surface area (Å²) in [5.41, 5.74) is 1.78. The predicted octanol–water partition coefficient (Wildman–Crippen LogP) is 4.45. The number of thiophene rings is 1. The van der Waals surface area contributed by atoms with Crippen molar-refractivity contribution < 1.29 is 9.21 Å². The summed E-state index contributed by atoms with van der Waals surface area (Å²) in [5.74, 6) is 1.70. The Morgan fingerprint density at radius 1 is 1.21 bits per heavy atom. The van der Waals surface area contributed by atoms with E-state index in [-0.39, 0.29) is 11.7 Å². The smallest absolute Gasteiger partial charge is 0.235 e. The Morgan fingerprint density at radius 3 is 2.85 bits per heavy atom. The minimum atomic E-state index is -0.136. The van der Waals surface area contributed by atoms with Gasteiger partial charge >= 0.3 is 0 Å². The van der Waals surface area contributed by atoms with Crippen LogP contribution in [0.4, 0.5) is 10.9 Å². The van der Waals surface area contributed by atoms with E-state index in [1.807, 2.05) is 16.7 Å². The number of nitriles is 1. The molecule has 1 N–H and O–H groups in total. The fourth-order valence-electron chi connectivity index (χ4n) is 4.48. The van der Waals surface area contributed by atoms with Gasteiger partial charge in [0, 0.05) is 18.0 Å². The van der Waals surface area contributed by atoms with Gasteiger partial charge < -0.3 is 14.6 Å². The zero-order valence-electron chi connectivity index (χ0n) is 18.4. The number of aromatic nitrogens is 3.